The molecule has 0 amide bonds. The first-order valence-electron chi connectivity index (χ1n) is 12.0. The molecule has 6 heteroatoms. The normalized spacial score (nSPS) is 15.7. The van der Waals surface area contributed by atoms with E-state index in [2.05, 4.69) is 63.7 Å². The summed E-state index contributed by atoms with van der Waals surface area (Å²) in [4.78, 5) is 17.5. The van der Waals surface area contributed by atoms with E-state index in [9.17, 15) is 0 Å². The van der Waals surface area contributed by atoms with Gasteiger partial charge in [0.1, 0.15) is 11.6 Å². The predicted octanol–water partition coefficient (Wildman–Crippen LogP) is 5.95. The minimum Gasteiger partial charge on any atom is -0.370 e. The molecule has 3 N–H and O–H groups in total. The van der Waals surface area contributed by atoms with E-state index in [4.69, 9.17) is 4.98 Å². The van der Waals surface area contributed by atoms with Gasteiger partial charge in [-0.05, 0) is 86.8 Å². The highest BCUT2D eigenvalue weighted by Gasteiger charge is 2.22. The zero-order valence-electron chi connectivity index (χ0n) is 19.3. The third-order valence-corrected chi connectivity index (χ3v) is 7.08. The van der Waals surface area contributed by atoms with Crippen molar-refractivity contribution < 1.29 is 0 Å². The summed E-state index contributed by atoms with van der Waals surface area (Å²) in [5.74, 6) is 3.53. The van der Waals surface area contributed by atoms with Crippen molar-refractivity contribution in [2.45, 2.75) is 39.5 Å². The average Bonchev–Trinajstić information content (AvgIpc) is 3.77. The second-order valence-electron chi connectivity index (χ2n) is 9.64. The zero-order valence-corrected chi connectivity index (χ0v) is 19.3. The quantitative estimate of drug-likeness (QED) is 0.317. The van der Waals surface area contributed by atoms with Gasteiger partial charge < -0.3 is 15.6 Å². The fourth-order valence-corrected chi connectivity index (χ4v) is 4.56. The van der Waals surface area contributed by atoms with E-state index in [0.717, 1.165) is 64.3 Å². The summed E-state index contributed by atoms with van der Waals surface area (Å²) in [7, 11) is 0. The maximum absolute atomic E-state index is 4.71. The molecule has 33 heavy (non-hydrogen) atoms. The van der Waals surface area contributed by atoms with E-state index in [0.29, 0.717) is 0 Å². The highest BCUT2D eigenvalue weighted by molar-refractivity contribution is 6.03. The van der Waals surface area contributed by atoms with E-state index < -0.39 is 0 Å². The van der Waals surface area contributed by atoms with Crippen molar-refractivity contribution in [2.75, 3.05) is 23.7 Å². The van der Waals surface area contributed by atoms with Crippen LogP contribution in [0.15, 0.2) is 43.0 Å². The average molecular weight is 439 g/mol. The highest BCUT2D eigenvalue weighted by atomic mass is 15.0. The van der Waals surface area contributed by atoms with Gasteiger partial charge in [0.2, 0.25) is 0 Å². The van der Waals surface area contributed by atoms with Gasteiger partial charge in [-0.2, -0.15) is 0 Å². The summed E-state index contributed by atoms with van der Waals surface area (Å²) in [6.45, 7) is 6.41. The smallest absolute Gasteiger partial charge is 0.125 e. The summed E-state index contributed by atoms with van der Waals surface area (Å²) in [5.41, 5.74) is 8.98. The van der Waals surface area contributed by atoms with Crippen LogP contribution in [0.25, 0.3) is 33.3 Å². The molecule has 1 aromatic carbocycles. The largest absolute Gasteiger partial charge is 0.370 e. The van der Waals surface area contributed by atoms with Crippen molar-refractivity contribution in [1.29, 1.82) is 0 Å². The number of anilines is 2. The second kappa shape index (κ2) is 8.18. The molecule has 3 aromatic heterocycles. The Labute approximate surface area is 194 Å². The summed E-state index contributed by atoms with van der Waals surface area (Å²) in [6.07, 6.45) is 11.1. The van der Waals surface area contributed by atoms with Crippen LogP contribution in [0.5, 0.6) is 0 Å². The van der Waals surface area contributed by atoms with Crippen molar-refractivity contribution >= 4 is 22.7 Å². The van der Waals surface area contributed by atoms with E-state index in [-0.39, 0.29) is 0 Å². The van der Waals surface area contributed by atoms with Crippen molar-refractivity contribution in [3.63, 3.8) is 0 Å². The fourth-order valence-electron chi connectivity index (χ4n) is 4.56. The van der Waals surface area contributed by atoms with Gasteiger partial charge in [0.25, 0.3) is 0 Å². The van der Waals surface area contributed by atoms with Gasteiger partial charge in [-0.15, -0.1) is 0 Å². The number of benzene rings is 1. The molecule has 3 heterocycles. The molecule has 0 unspecified atom stereocenters. The number of nitrogens with one attached hydrogen (secondary N) is 3. The number of pyridine rings is 2. The molecule has 6 rings (SSSR count). The van der Waals surface area contributed by atoms with E-state index in [1.54, 1.807) is 6.33 Å². The minimum absolute atomic E-state index is 0.824. The van der Waals surface area contributed by atoms with Crippen molar-refractivity contribution in [3.05, 3.63) is 54.1 Å². The summed E-state index contributed by atoms with van der Waals surface area (Å²) >= 11 is 0. The molecule has 0 bridgehead atoms. The number of hydrogen-bond acceptors (Lipinski definition) is 5. The van der Waals surface area contributed by atoms with Crippen LogP contribution in [-0.4, -0.2) is 33.0 Å². The van der Waals surface area contributed by atoms with Gasteiger partial charge in [0, 0.05) is 47.7 Å². The lowest BCUT2D eigenvalue weighted by atomic mass is 9.89. The Bertz CT molecular complexity index is 1180. The Morgan fingerprint density at radius 1 is 0.758 bits per heavy atom. The first-order valence-corrected chi connectivity index (χ1v) is 12.0. The number of rotatable bonds is 8. The molecular weight excluding hydrogens is 408 g/mol. The van der Waals surface area contributed by atoms with Crippen LogP contribution in [0.2, 0.25) is 0 Å². The molecule has 0 radical (unpaired) electrons. The topological polar surface area (TPSA) is 78.5 Å². The number of imidazole rings is 1. The molecule has 2 aliphatic carbocycles. The Hall–Kier alpha value is -3.41. The van der Waals surface area contributed by atoms with Crippen molar-refractivity contribution in [1.82, 2.24) is 19.9 Å². The summed E-state index contributed by atoms with van der Waals surface area (Å²) in [6, 6.07) is 8.47. The molecule has 0 saturated heterocycles. The number of H-pyrrole nitrogens is 1. The first-order chi connectivity index (χ1) is 16.2. The van der Waals surface area contributed by atoms with Crippen LogP contribution in [0.3, 0.4) is 0 Å². The SMILES string of the molecule is Cc1c(C)c(-c2ccc(NCC3CC3)nc2)c2[nH]cnc2c1-c1ccc(NCC2CC2)nc1. The minimum atomic E-state index is 0.824. The lowest BCUT2D eigenvalue weighted by molar-refractivity contribution is 0.883. The molecule has 4 aromatic rings. The molecule has 6 nitrogen and oxygen atoms in total. The Balaban J connectivity index is 1.34. The predicted molar refractivity (Wildman–Crippen MR) is 134 cm³/mol. The number of fused-ring (bicyclic) bond motifs is 1. The Kier molecular flexibility index (Phi) is 5.01. The zero-order chi connectivity index (χ0) is 22.4. The van der Waals surface area contributed by atoms with Crippen LogP contribution in [0, 0.1) is 25.7 Å². The van der Waals surface area contributed by atoms with Gasteiger partial charge in [-0.1, -0.05) is 0 Å². The van der Waals surface area contributed by atoms with Crippen LogP contribution in [0.1, 0.15) is 36.8 Å². The molecule has 0 aliphatic heterocycles. The summed E-state index contributed by atoms with van der Waals surface area (Å²) < 4.78 is 0. The van der Waals surface area contributed by atoms with Crippen LogP contribution >= 0.6 is 0 Å². The second-order valence-corrected chi connectivity index (χ2v) is 9.64. The lowest BCUT2D eigenvalue weighted by Crippen LogP contribution is -2.05. The molecule has 168 valence electrons. The van der Waals surface area contributed by atoms with Gasteiger partial charge in [0.05, 0.1) is 17.4 Å². The van der Waals surface area contributed by atoms with Crippen molar-refractivity contribution in [2.24, 2.45) is 11.8 Å². The highest BCUT2D eigenvalue weighted by Crippen LogP contribution is 2.40. The molecule has 0 atom stereocenters. The molecule has 2 saturated carbocycles. The monoisotopic (exact) mass is 438 g/mol. The number of nitrogens with zero attached hydrogens (tertiary/aromatic N) is 3. The molecule has 2 aliphatic rings. The van der Waals surface area contributed by atoms with Crippen LogP contribution in [0.4, 0.5) is 11.6 Å². The van der Waals surface area contributed by atoms with Crippen molar-refractivity contribution in [3.8, 4) is 22.3 Å². The van der Waals surface area contributed by atoms with Crippen LogP contribution in [-0.2, 0) is 0 Å². The van der Waals surface area contributed by atoms with E-state index in [1.807, 2.05) is 12.4 Å². The number of hydrogen-bond donors (Lipinski definition) is 3. The maximum Gasteiger partial charge on any atom is 0.125 e. The Morgan fingerprint density at radius 3 is 1.82 bits per heavy atom. The molecular formula is C27H30N6. The first kappa shape index (κ1) is 20.2. The Morgan fingerprint density at radius 2 is 1.30 bits per heavy atom. The van der Waals surface area contributed by atoms with Gasteiger partial charge in [0.15, 0.2) is 0 Å². The number of aromatic nitrogens is 4. The van der Waals surface area contributed by atoms with Gasteiger partial charge >= 0.3 is 0 Å². The third kappa shape index (κ3) is 4.06. The standard InChI is InChI=1S/C27H30N6/c1-16-17(2)25(21-8-10-23(31-14-21)29-12-19-5-6-19)27-26(32-15-33-27)24(16)20-7-9-22(30-13-20)28-11-18-3-4-18/h7-10,13-15,18-19H,3-6,11-12H2,1-2H3,(H,28,30)(H,29,31)(H,32,33). The third-order valence-electron chi connectivity index (χ3n) is 7.08. The molecule has 0 spiro atoms. The molecule has 2 fully saturated rings. The van der Waals surface area contributed by atoms with Crippen LogP contribution < -0.4 is 10.6 Å². The maximum atomic E-state index is 4.71. The number of aromatic amines is 1. The van der Waals surface area contributed by atoms with E-state index >= 15 is 0 Å². The summed E-state index contributed by atoms with van der Waals surface area (Å²) in [5, 5.41) is 6.91. The van der Waals surface area contributed by atoms with Gasteiger partial charge in [-0.3, -0.25) is 0 Å². The fraction of sp³-hybridized carbons (Fsp3) is 0.370. The lowest BCUT2D eigenvalue weighted by Gasteiger charge is -2.16. The van der Waals surface area contributed by atoms with Gasteiger partial charge in [-0.25, -0.2) is 15.0 Å². The van der Waals surface area contributed by atoms with E-state index in [1.165, 1.54) is 42.4 Å².